The van der Waals surface area contributed by atoms with Crippen LogP contribution in [0, 0.1) is 0 Å². The van der Waals surface area contributed by atoms with Crippen LogP contribution < -0.4 is 15.4 Å². The number of hydrogen-bond acceptors (Lipinski definition) is 5. The Bertz CT molecular complexity index is 793. The maximum Gasteiger partial charge on any atom is 0.245 e. The van der Waals surface area contributed by atoms with E-state index in [9.17, 15) is 4.79 Å². The minimum absolute atomic E-state index is 0.126. The largest absolute Gasteiger partial charge is 0.493 e. The molecule has 2 atom stereocenters. The Balaban J connectivity index is 1.52. The van der Waals surface area contributed by atoms with Crippen LogP contribution >= 0.6 is 0 Å². The number of fused-ring (bicyclic) bond motifs is 1. The lowest BCUT2D eigenvalue weighted by Crippen LogP contribution is -2.53. The number of aromatic nitrogens is 1. The third-order valence-electron chi connectivity index (χ3n) is 4.58. The Morgan fingerprint density at radius 3 is 3.08 bits per heavy atom. The van der Waals surface area contributed by atoms with E-state index in [1.807, 2.05) is 31.2 Å². The highest BCUT2D eigenvalue weighted by Crippen LogP contribution is 2.30. The van der Waals surface area contributed by atoms with Gasteiger partial charge in [0.25, 0.3) is 0 Å². The number of carbonyl (C=O) groups excluding carboxylic acids is 1. The molecular weight excluding hydrogens is 318 g/mol. The molecule has 2 N–H and O–H groups in total. The summed E-state index contributed by atoms with van der Waals surface area (Å²) in [6.45, 7) is 3.93. The lowest BCUT2D eigenvalue weighted by Gasteiger charge is -2.29. The molecule has 4 rings (SSSR count). The van der Waals surface area contributed by atoms with Crippen LogP contribution in [-0.2, 0) is 16.0 Å². The average Bonchev–Trinajstić information content (AvgIpc) is 3.10. The van der Waals surface area contributed by atoms with Crippen molar-refractivity contribution in [1.82, 2.24) is 10.3 Å². The zero-order valence-corrected chi connectivity index (χ0v) is 14.1. The lowest BCUT2D eigenvalue weighted by molar-refractivity contribution is -0.123. The summed E-state index contributed by atoms with van der Waals surface area (Å²) in [6.07, 6.45) is 0.763. The highest BCUT2D eigenvalue weighted by Gasteiger charge is 2.28. The molecule has 0 saturated carbocycles. The van der Waals surface area contributed by atoms with E-state index < -0.39 is 0 Å². The minimum Gasteiger partial charge on any atom is -0.493 e. The van der Waals surface area contributed by atoms with E-state index in [1.54, 1.807) is 6.07 Å². The van der Waals surface area contributed by atoms with Crippen molar-refractivity contribution in [3.05, 3.63) is 42.0 Å². The van der Waals surface area contributed by atoms with E-state index >= 15 is 0 Å². The van der Waals surface area contributed by atoms with Crippen molar-refractivity contribution in [2.45, 2.75) is 25.5 Å². The van der Waals surface area contributed by atoms with Crippen LogP contribution in [0.5, 0.6) is 5.75 Å². The van der Waals surface area contributed by atoms with Gasteiger partial charge in [-0.05, 0) is 42.8 Å². The predicted octanol–water partition coefficient (Wildman–Crippen LogP) is 2.00. The number of carbonyl (C=O) groups is 1. The molecule has 2 aliphatic heterocycles. The molecule has 1 aromatic heterocycles. The second-order valence-corrected chi connectivity index (χ2v) is 6.33. The van der Waals surface area contributed by atoms with Crippen LogP contribution in [0.25, 0.3) is 11.3 Å². The summed E-state index contributed by atoms with van der Waals surface area (Å²) in [5, 5.41) is 6.07. The van der Waals surface area contributed by atoms with Crippen LogP contribution in [0.1, 0.15) is 12.5 Å². The first kappa shape index (κ1) is 16.1. The minimum atomic E-state index is -0.364. The molecule has 0 aliphatic carbocycles. The van der Waals surface area contributed by atoms with Crippen LogP contribution in [-0.4, -0.2) is 42.8 Å². The Morgan fingerprint density at radius 1 is 1.28 bits per heavy atom. The Labute approximate surface area is 146 Å². The fourth-order valence-corrected chi connectivity index (χ4v) is 3.24. The van der Waals surface area contributed by atoms with Gasteiger partial charge in [0.2, 0.25) is 5.91 Å². The van der Waals surface area contributed by atoms with E-state index in [0.717, 1.165) is 30.0 Å². The first-order chi connectivity index (χ1) is 12.2. The van der Waals surface area contributed by atoms with Gasteiger partial charge < -0.3 is 20.1 Å². The summed E-state index contributed by atoms with van der Waals surface area (Å²) in [5.41, 5.74) is 3.05. The van der Waals surface area contributed by atoms with Crippen molar-refractivity contribution in [1.29, 1.82) is 0 Å². The third kappa shape index (κ3) is 3.36. The number of morpholine rings is 1. The Kier molecular flexibility index (Phi) is 4.38. The van der Waals surface area contributed by atoms with Gasteiger partial charge in [-0.25, -0.2) is 4.98 Å². The first-order valence-electron chi connectivity index (χ1n) is 8.60. The zero-order chi connectivity index (χ0) is 17.2. The second kappa shape index (κ2) is 6.82. The summed E-state index contributed by atoms with van der Waals surface area (Å²) in [4.78, 5) is 17.1. The molecule has 0 unspecified atom stereocenters. The lowest BCUT2D eigenvalue weighted by atomic mass is 10.1. The van der Waals surface area contributed by atoms with E-state index in [0.29, 0.717) is 19.0 Å². The monoisotopic (exact) mass is 339 g/mol. The molecule has 1 fully saturated rings. The summed E-state index contributed by atoms with van der Waals surface area (Å²) >= 11 is 0. The van der Waals surface area contributed by atoms with Crippen molar-refractivity contribution < 1.29 is 14.3 Å². The number of hydrogen-bond donors (Lipinski definition) is 2. The van der Waals surface area contributed by atoms with Gasteiger partial charge in [0.15, 0.2) is 0 Å². The zero-order valence-electron chi connectivity index (χ0n) is 14.1. The molecule has 3 heterocycles. The van der Waals surface area contributed by atoms with Crippen molar-refractivity contribution >= 4 is 11.7 Å². The topological polar surface area (TPSA) is 72.5 Å². The molecule has 2 aliphatic rings. The molecule has 6 heteroatoms. The van der Waals surface area contributed by atoms with E-state index in [-0.39, 0.29) is 18.1 Å². The van der Waals surface area contributed by atoms with Crippen LogP contribution in [0.3, 0.4) is 0 Å². The molecule has 0 radical (unpaired) electrons. The third-order valence-corrected chi connectivity index (χ3v) is 4.58. The highest BCUT2D eigenvalue weighted by atomic mass is 16.5. The maximum absolute atomic E-state index is 12.5. The molecule has 0 bridgehead atoms. The highest BCUT2D eigenvalue weighted by molar-refractivity contribution is 5.94. The molecule has 2 aromatic rings. The van der Waals surface area contributed by atoms with E-state index in [1.165, 1.54) is 5.56 Å². The number of pyridine rings is 1. The van der Waals surface area contributed by atoms with Gasteiger partial charge >= 0.3 is 0 Å². The summed E-state index contributed by atoms with van der Waals surface area (Å²) in [6, 6.07) is 11.4. The normalized spacial score (nSPS) is 22.1. The SMILES string of the molecule is C[C@H]1OCCN[C@@H]1C(=O)Nc1cccc(-c2ccc3c(c2)CCO3)n1. The molecule has 1 aromatic carbocycles. The molecule has 1 saturated heterocycles. The molecule has 130 valence electrons. The maximum atomic E-state index is 12.5. The molecule has 6 nitrogen and oxygen atoms in total. The van der Waals surface area contributed by atoms with E-state index in [4.69, 9.17) is 9.47 Å². The van der Waals surface area contributed by atoms with Crippen LogP contribution in [0.2, 0.25) is 0 Å². The fraction of sp³-hybridized carbons (Fsp3) is 0.368. The summed E-state index contributed by atoms with van der Waals surface area (Å²) in [5.74, 6) is 1.36. The second-order valence-electron chi connectivity index (χ2n) is 6.33. The van der Waals surface area contributed by atoms with Crippen LogP contribution in [0.4, 0.5) is 5.82 Å². The van der Waals surface area contributed by atoms with Gasteiger partial charge in [0.05, 0.1) is 25.0 Å². The Hall–Kier alpha value is -2.44. The van der Waals surface area contributed by atoms with E-state index in [2.05, 4.69) is 21.7 Å². The van der Waals surface area contributed by atoms with Crippen molar-refractivity contribution in [3.8, 4) is 17.0 Å². The number of rotatable bonds is 3. The smallest absolute Gasteiger partial charge is 0.245 e. The standard InChI is InChI=1S/C19H21N3O3/c1-12-18(20-8-10-24-12)19(23)22-17-4-2-3-15(21-17)13-5-6-16-14(11-13)7-9-25-16/h2-6,11-12,18,20H,7-10H2,1H3,(H,21,22,23)/t12-,18+/m1/s1. The Morgan fingerprint density at radius 2 is 2.20 bits per heavy atom. The number of anilines is 1. The number of ether oxygens (including phenoxy) is 2. The quantitative estimate of drug-likeness (QED) is 0.895. The summed E-state index contributed by atoms with van der Waals surface area (Å²) in [7, 11) is 0. The molecule has 0 spiro atoms. The van der Waals surface area contributed by atoms with Gasteiger partial charge in [-0.3, -0.25) is 4.79 Å². The molecular formula is C19H21N3O3. The predicted molar refractivity (Wildman–Crippen MR) is 94.7 cm³/mol. The first-order valence-corrected chi connectivity index (χ1v) is 8.60. The van der Waals surface area contributed by atoms with Crippen molar-refractivity contribution in [3.63, 3.8) is 0 Å². The van der Waals surface area contributed by atoms with Gasteiger partial charge in [0, 0.05) is 18.5 Å². The van der Waals surface area contributed by atoms with Gasteiger partial charge in [-0.15, -0.1) is 0 Å². The van der Waals surface area contributed by atoms with Gasteiger partial charge in [-0.2, -0.15) is 0 Å². The fourth-order valence-electron chi connectivity index (χ4n) is 3.24. The number of nitrogens with one attached hydrogen (secondary N) is 2. The number of benzene rings is 1. The molecule has 1 amide bonds. The van der Waals surface area contributed by atoms with Gasteiger partial charge in [-0.1, -0.05) is 6.07 Å². The number of amides is 1. The number of nitrogens with zero attached hydrogens (tertiary/aromatic N) is 1. The summed E-state index contributed by atoms with van der Waals surface area (Å²) < 4.78 is 11.1. The van der Waals surface area contributed by atoms with Gasteiger partial charge in [0.1, 0.15) is 17.6 Å². The molecule has 25 heavy (non-hydrogen) atoms. The van der Waals surface area contributed by atoms with Crippen molar-refractivity contribution in [2.24, 2.45) is 0 Å². The average molecular weight is 339 g/mol. The van der Waals surface area contributed by atoms with Crippen LogP contribution in [0.15, 0.2) is 36.4 Å². The van der Waals surface area contributed by atoms with Crippen molar-refractivity contribution in [2.75, 3.05) is 25.1 Å².